The number of carbonyl (C=O) groups is 1. The summed E-state index contributed by atoms with van der Waals surface area (Å²) in [7, 11) is 5.48. The van der Waals surface area contributed by atoms with Crippen LogP contribution in [0.3, 0.4) is 0 Å². The van der Waals surface area contributed by atoms with E-state index >= 15 is 0 Å². The zero-order valence-corrected chi connectivity index (χ0v) is 21.9. The van der Waals surface area contributed by atoms with E-state index in [4.69, 9.17) is 14.2 Å². The van der Waals surface area contributed by atoms with Gasteiger partial charge in [-0.3, -0.25) is 4.79 Å². The smallest absolute Gasteiger partial charge is 0.227 e. The van der Waals surface area contributed by atoms with Crippen LogP contribution < -0.4 is 15.4 Å². The number of ether oxygens (including phenoxy) is 1. The largest absolute Gasteiger partial charge is 0.497 e. The van der Waals surface area contributed by atoms with Crippen LogP contribution in [0.5, 0.6) is 5.75 Å². The van der Waals surface area contributed by atoms with Crippen molar-refractivity contribution in [2.24, 2.45) is 0 Å². The first-order valence-corrected chi connectivity index (χ1v) is 12.5. The monoisotopic (exact) mass is 492 g/mol. The fourth-order valence-electron chi connectivity index (χ4n) is 4.63. The summed E-state index contributed by atoms with van der Waals surface area (Å²) < 4.78 is 11.1. The van der Waals surface area contributed by atoms with Gasteiger partial charge in [-0.15, -0.1) is 0 Å². The molecule has 0 radical (unpaired) electrons. The maximum atomic E-state index is 12.4. The number of nitrogens with one attached hydrogen (secondary N) is 2. The molecule has 0 aliphatic heterocycles. The third kappa shape index (κ3) is 6.20. The molecule has 9 nitrogen and oxygen atoms in total. The predicted molar refractivity (Wildman–Crippen MR) is 141 cm³/mol. The van der Waals surface area contributed by atoms with Gasteiger partial charge in [0.15, 0.2) is 0 Å². The van der Waals surface area contributed by atoms with Gasteiger partial charge in [0.1, 0.15) is 11.5 Å². The molecule has 1 aliphatic rings. The van der Waals surface area contributed by atoms with Crippen LogP contribution >= 0.6 is 0 Å². The van der Waals surface area contributed by atoms with Crippen LogP contribution in [0.4, 0.5) is 17.3 Å². The lowest BCUT2D eigenvalue weighted by Gasteiger charge is -2.20. The van der Waals surface area contributed by atoms with E-state index in [2.05, 4.69) is 20.8 Å². The molecule has 1 fully saturated rings. The third-order valence-electron chi connectivity index (χ3n) is 6.56. The fraction of sp³-hybridized carbons (Fsp3) is 0.481. The molecule has 0 atom stereocenters. The molecule has 2 N–H and O–H groups in total. The van der Waals surface area contributed by atoms with Crippen molar-refractivity contribution in [1.29, 1.82) is 0 Å². The number of rotatable bonds is 9. The Labute approximate surface area is 212 Å². The van der Waals surface area contributed by atoms with Crippen LogP contribution in [-0.2, 0) is 4.79 Å². The lowest BCUT2D eigenvalue weighted by Crippen LogP contribution is -2.20. The highest BCUT2D eigenvalue weighted by molar-refractivity contribution is 5.91. The van der Waals surface area contributed by atoms with Crippen LogP contribution in [0, 0.1) is 13.8 Å². The van der Waals surface area contributed by atoms with E-state index in [1.807, 2.05) is 51.2 Å². The molecule has 1 amide bonds. The van der Waals surface area contributed by atoms with E-state index in [0.717, 1.165) is 41.1 Å². The van der Waals surface area contributed by atoms with Crippen molar-refractivity contribution in [2.75, 3.05) is 38.4 Å². The molecule has 0 unspecified atom stereocenters. The Morgan fingerprint density at radius 2 is 1.89 bits per heavy atom. The number of methoxy groups -OCH3 is 1. The van der Waals surface area contributed by atoms with Crippen LogP contribution in [-0.4, -0.2) is 53.7 Å². The van der Waals surface area contributed by atoms with Gasteiger partial charge in [-0.05, 0) is 52.4 Å². The van der Waals surface area contributed by atoms with Gasteiger partial charge in [-0.2, -0.15) is 0 Å². The van der Waals surface area contributed by atoms with Gasteiger partial charge in [0, 0.05) is 48.6 Å². The second kappa shape index (κ2) is 11.5. The molecule has 1 aromatic carbocycles. The predicted octanol–water partition coefficient (Wildman–Crippen LogP) is 5.44. The summed E-state index contributed by atoms with van der Waals surface area (Å²) in [6.07, 6.45) is 8.18. The van der Waals surface area contributed by atoms with E-state index in [0.29, 0.717) is 42.0 Å². The van der Waals surface area contributed by atoms with Gasteiger partial charge in [0.2, 0.25) is 11.9 Å². The Bertz CT molecular complexity index is 1200. The van der Waals surface area contributed by atoms with Gasteiger partial charge in [-0.1, -0.05) is 24.4 Å². The molecule has 192 valence electrons. The highest BCUT2D eigenvalue weighted by Crippen LogP contribution is 2.39. The Hall–Kier alpha value is -3.46. The van der Waals surface area contributed by atoms with Gasteiger partial charge in [0.05, 0.1) is 24.1 Å². The van der Waals surface area contributed by atoms with Crippen LogP contribution in [0.25, 0.3) is 11.3 Å². The number of amides is 1. The van der Waals surface area contributed by atoms with E-state index in [9.17, 15) is 4.79 Å². The first-order valence-electron chi connectivity index (χ1n) is 12.5. The molecule has 3 aromatic rings. The Morgan fingerprint density at radius 1 is 1.14 bits per heavy atom. The van der Waals surface area contributed by atoms with Gasteiger partial charge >= 0.3 is 0 Å². The first-order chi connectivity index (χ1) is 17.3. The molecule has 0 spiro atoms. The lowest BCUT2D eigenvalue weighted by atomic mass is 9.84. The highest BCUT2D eigenvalue weighted by Gasteiger charge is 2.26. The average molecular weight is 493 g/mol. The highest BCUT2D eigenvalue weighted by atomic mass is 16.5. The zero-order valence-electron chi connectivity index (χ0n) is 21.9. The van der Waals surface area contributed by atoms with Crippen molar-refractivity contribution >= 4 is 23.2 Å². The number of carbonyl (C=O) groups excluding carboxylic acids is 1. The molecular weight excluding hydrogens is 456 g/mol. The van der Waals surface area contributed by atoms with E-state index in [1.54, 1.807) is 13.2 Å². The molecule has 1 saturated carbocycles. The number of nitrogens with zero attached hydrogens (tertiary/aromatic N) is 4. The van der Waals surface area contributed by atoms with Crippen molar-refractivity contribution in [2.45, 2.75) is 58.3 Å². The Morgan fingerprint density at radius 3 is 2.61 bits per heavy atom. The number of hydrogen-bond acceptors (Lipinski definition) is 8. The minimum absolute atomic E-state index is 0.0602. The van der Waals surface area contributed by atoms with E-state index < -0.39 is 0 Å². The molecule has 36 heavy (non-hydrogen) atoms. The molecule has 1 aliphatic carbocycles. The molecule has 2 aromatic heterocycles. The minimum Gasteiger partial charge on any atom is -0.497 e. The summed E-state index contributed by atoms with van der Waals surface area (Å²) in [5, 5.41) is 10.7. The van der Waals surface area contributed by atoms with Crippen LogP contribution in [0.15, 0.2) is 28.9 Å². The maximum absolute atomic E-state index is 12.4. The van der Waals surface area contributed by atoms with Gasteiger partial charge in [0.25, 0.3) is 0 Å². The van der Waals surface area contributed by atoms with Crippen LogP contribution in [0.1, 0.15) is 61.5 Å². The first kappa shape index (κ1) is 25.6. The van der Waals surface area contributed by atoms with Crippen molar-refractivity contribution in [3.63, 3.8) is 0 Å². The van der Waals surface area contributed by atoms with Gasteiger partial charge in [-0.25, -0.2) is 9.97 Å². The van der Waals surface area contributed by atoms with Crippen molar-refractivity contribution in [3.8, 4) is 17.0 Å². The van der Waals surface area contributed by atoms with Crippen LogP contribution in [0.2, 0.25) is 0 Å². The third-order valence-corrected chi connectivity index (χ3v) is 6.56. The molecule has 0 bridgehead atoms. The topological polar surface area (TPSA) is 105 Å². The summed E-state index contributed by atoms with van der Waals surface area (Å²) >= 11 is 0. The lowest BCUT2D eigenvalue weighted by molar-refractivity contribution is -0.116. The summed E-state index contributed by atoms with van der Waals surface area (Å²) in [6.45, 7) is 4.62. The summed E-state index contributed by atoms with van der Waals surface area (Å²) in [5.74, 6) is 2.17. The number of anilines is 3. The quantitative estimate of drug-likeness (QED) is 0.407. The number of benzene rings is 1. The molecule has 4 rings (SSSR count). The summed E-state index contributed by atoms with van der Waals surface area (Å²) in [4.78, 5) is 23.7. The number of hydrogen-bond donors (Lipinski definition) is 2. The Balaban J connectivity index is 1.59. The van der Waals surface area contributed by atoms with Gasteiger partial charge < -0.3 is 24.8 Å². The molecule has 0 saturated heterocycles. The van der Waals surface area contributed by atoms with E-state index in [1.165, 1.54) is 19.3 Å². The van der Waals surface area contributed by atoms with Crippen molar-refractivity contribution in [1.82, 2.24) is 20.0 Å². The second-order valence-electron chi connectivity index (χ2n) is 9.74. The molecule has 9 heteroatoms. The normalized spacial score (nSPS) is 14.2. The molecular formula is C27H36N6O3. The minimum atomic E-state index is -0.0602. The molecule has 2 heterocycles. The summed E-state index contributed by atoms with van der Waals surface area (Å²) in [5.41, 5.74) is 5.12. The average Bonchev–Trinajstić information content (AvgIpc) is 3.25. The number of aromatic nitrogens is 3. The second-order valence-corrected chi connectivity index (χ2v) is 9.74. The summed E-state index contributed by atoms with van der Waals surface area (Å²) in [6, 6.07) is 5.48. The maximum Gasteiger partial charge on any atom is 0.227 e. The Kier molecular flexibility index (Phi) is 8.20. The fourth-order valence-corrected chi connectivity index (χ4v) is 4.63. The van der Waals surface area contributed by atoms with Crippen molar-refractivity contribution in [3.05, 3.63) is 41.4 Å². The van der Waals surface area contributed by atoms with E-state index in [-0.39, 0.29) is 5.91 Å². The van der Waals surface area contributed by atoms with Crippen molar-refractivity contribution < 1.29 is 14.1 Å². The standard InChI is InChI=1S/C27H36N6O3/c1-17-16-28-27(31-25(17)24-18(2)36-32-26(24)19-9-7-6-8-10-19)30-21-13-20(14-22(15-21)35-5)29-23(34)11-12-33(3)4/h13-16,19H,6-12H2,1-5H3,(H,29,34)(H,28,30,31). The zero-order chi connectivity index (χ0) is 25.7. The number of aryl methyl sites for hydroxylation is 2. The SMILES string of the molecule is COc1cc(NC(=O)CCN(C)C)cc(Nc2ncc(C)c(-c3c(C4CCCCC4)noc3C)n2)c1.